The molecule has 0 aromatic rings. The van der Waals surface area contributed by atoms with E-state index < -0.39 is 11.4 Å². The third-order valence-electron chi connectivity index (χ3n) is 2.40. The summed E-state index contributed by atoms with van der Waals surface area (Å²) in [5.74, 6) is -0.734. The highest BCUT2D eigenvalue weighted by atomic mass is 16.5. The molecular formula is C10H20O3. The smallest absolute Gasteiger partial charge is 0.309 e. The van der Waals surface area contributed by atoms with E-state index in [9.17, 15) is 4.79 Å². The van der Waals surface area contributed by atoms with Crippen LogP contribution in [0.4, 0.5) is 0 Å². The Morgan fingerprint density at radius 2 is 2.08 bits per heavy atom. The molecule has 0 rings (SSSR count). The summed E-state index contributed by atoms with van der Waals surface area (Å²) in [6.45, 7) is 8.07. The monoisotopic (exact) mass is 188 g/mol. The normalized spacial score (nSPS) is 15.8. The summed E-state index contributed by atoms with van der Waals surface area (Å²) in [4.78, 5) is 10.9. The van der Waals surface area contributed by atoms with Crippen molar-refractivity contribution in [3.05, 3.63) is 0 Å². The molecule has 1 unspecified atom stereocenters. The lowest BCUT2D eigenvalue weighted by atomic mass is 9.84. The molecule has 0 spiro atoms. The molecule has 0 aliphatic carbocycles. The second-order valence-electron chi connectivity index (χ2n) is 3.89. The van der Waals surface area contributed by atoms with Crippen LogP contribution in [0.1, 0.15) is 40.5 Å². The molecule has 1 N–H and O–H groups in total. The van der Waals surface area contributed by atoms with E-state index in [1.54, 1.807) is 6.92 Å². The lowest BCUT2D eigenvalue weighted by molar-refractivity contribution is -0.149. The minimum Gasteiger partial charge on any atom is -0.481 e. The number of aliphatic carboxylic acids is 1. The molecule has 3 nitrogen and oxygen atoms in total. The van der Waals surface area contributed by atoms with Crippen LogP contribution >= 0.6 is 0 Å². The van der Waals surface area contributed by atoms with Crippen molar-refractivity contribution in [1.29, 1.82) is 0 Å². The maximum absolute atomic E-state index is 10.9. The SMILES string of the molecule is CCC(C)(CCOC(C)C)C(=O)O. The van der Waals surface area contributed by atoms with Gasteiger partial charge in [-0.2, -0.15) is 0 Å². The van der Waals surface area contributed by atoms with Crippen molar-refractivity contribution in [2.45, 2.75) is 46.6 Å². The number of carbonyl (C=O) groups is 1. The van der Waals surface area contributed by atoms with Gasteiger partial charge in [0.15, 0.2) is 0 Å². The summed E-state index contributed by atoms with van der Waals surface area (Å²) in [5, 5.41) is 8.94. The van der Waals surface area contributed by atoms with E-state index in [1.807, 2.05) is 20.8 Å². The molecule has 0 aromatic carbocycles. The predicted molar refractivity (Wildman–Crippen MR) is 51.7 cm³/mol. The Labute approximate surface area is 80.1 Å². The summed E-state index contributed by atoms with van der Waals surface area (Å²) in [5.41, 5.74) is -0.630. The van der Waals surface area contributed by atoms with E-state index in [1.165, 1.54) is 0 Å². The minimum atomic E-state index is -0.734. The molecule has 13 heavy (non-hydrogen) atoms. The van der Waals surface area contributed by atoms with E-state index in [2.05, 4.69) is 0 Å². The topological polar surface area (TPSA) is 46.5 Å². The van der Waals surface area contributed by atoms with Crippen LogP contribution in [0.2, 0.25) is 0 Å². The van der Waals surface area contributed by atoms with Crippen molar-refractivity contribution in [2.24, 2.45) is 5.41 Å². The van der Waals surface area contributed by atoms with Crippen LogP contribution in [0.25, 0.3) is 0 Å². The van der Waals surface area contributed by atoms with Gasteiger partial charge in [-0.3, -0.25) is 4.79 Å². The highest BCUT2D eigenvalue weighted by Crippen LogP contribution is 2.25. The Bertz CT molecular complexity index is 166. The standard InChI is InChI=1S/C10H20O3/c1-5-10(4,9(11)12)6-7-13-8(2)3/h8H,5-7H2,1-4H3,(H,11,12). The van der Waals surface area contributed by atoms with E-state index in [-0.39, 0.29) is 6.10 Å². The number of rotatable bonds is 6. The highest BCUT2D eigenvalue weighted by molar-refractivity contribution is 5.73. The van der Waals surface area contributed by atoms with Gasteiger partial charge in [-0.25, -0.2) is 0 Å². The molecular weight excluding hydrogens is 168 g/mol. The van der Waals surface area contributed by atoms with Gasteiger partial charge >= 0.3 is 5.97 Å². The second-order valence-corrected chi connectivity index (χ2v) is 3.89. The third kappa shape index (κ3) is 4.27. The first kappa shape index (κ1) is 12.4. The zero-order valence-corrected chi connectivity index (χ0v) is 8.96. The first-order chi connectivity index (χ1) is 5.92. The Hall–Kier alpha value is -0.570. The van der Waals surface area contributed by atoms with Crippen LogP contribution in [0.15, 0.2) is 0 Å². The summed E-state index contributed by atoms with van der Waals surface area (Å²) in [6.07, 6.45) is 1.40. The first-order valence-corrected chi connectivity index (χ1v) is 4.77. The molecule has 0 bridgehead atoms. The van der Waals surface area contributed by atoms with Crippen LogP contribution in [0.5, 0.6) is 0 Å². The fraction of sp³-hybridized carbons (Fsp3) is 0.900. The molecule has 0 aliphatic rings. The zero-order valence-electron chi connectivity index (χ0n) is 8.96. The Balaban J connectivity index is 3.92. The fourth-order valence-corrected chi connectivity index (χ4v) is 0.955. The highest BCUT2D eigenvalue weighted by Gasteiger charge is 2.30. The molecule has 0 aliphatic heterocycles. The van der Waals surface area contributed by atoms with Crippen molar-refractivity contribution in [2.75, 3.05) is 6.61 Å². The number of hydrogen-bond acceptors (Lipinski definition) is 2. The molecule has 3 heteroatoms. The van der Waals surface area contributed by atoms with Gasteiger partial charge in [-0.1, -0.05) is 6.92 Å². The van der Waals surface area contributed by atoms with Crippen LogP contribution < -0.4 is 0 Å². The third-order valence-corrected chi connectivity index (χ3v) is 2.40. The molecule has 0 heterocycles. The van der Waals surface area contributed by atoms with Crippen LogP contribution in [0.3, 0.4) is 0 Å². The Kier molecular flexibility index (Phi) is 4.99. The average Bonchev–Trinajstić information content (AvgIpc) is 2.03. The molecule has 0 saturated heterocycles. The van der Waals surface area contributed by atoms with Gasteiger partial charge < -0.3 is 9.84 Å². The van der Waals surface area contributed by atoms with Gasteiger partial charge in [0, 0.05) is 6.61 Å². The molecule has 0 fully saturated rings. The maximum Gasteiger partial charge on any atom is 0.309 e. The summed E-state index contributed by atoms with van der Waals surface area (Å²) in [6, 6.07) is 0. The summed E-state index contributed by atoms with van der Waals surface area (Å²) < 4.78 is 5.33. The average molecular weight is 188 g/mol. The maximum atomic E-state index is 10.9. The van der Waals surface area contributed by atoms with E-state index in [0.29, 0.717) is 19.4 Å². The van der Waals surface area contributed by atoms with Crippen LogP contribution in [0, 0.1) is 5.41 Å². The number of carboxylic acids is 1. The van der Waals surface area contributed by atoms with Crippen molar-refractivity contribution in [1.82, 2.24) is 0 Å². The molecule has 0 radical (unpaired) electrons. The molecule has 0 aromatic heterocycles. The van der Waals surface area contributed by atoms with Crippen molar-refractivity contribution >= 4 is 5.97 Å². The van der Waals surface area contributed by atoms with E-state index in [4.69, 9.17) is 9.84 Å². The molecule has 0 amide bonds. The molecule has 1 atom stereocenters. The lowest BCUT2D eigenvalue weighted by Gasteiger charge is -2.23. The van der Waals surface area contributed by atoms with Gasteiger partial charge in [-0.15, -0.1) is 0 Å². The first-order valence-electron chi connectivity index (χ1n) is 4.77. The summed E-state index contributed by atoms with van der Waals surface area (Å²) >= 11 is 0. The molecule has 0 saturated carbocycles. The quantitative estimate of drug-likeness (QED) is 0.695. The van der Waals surface area contributed by atoms with Gasteiger partial charge in [0.25, 0.3) is 0 Å². The van der Waals surface area contributed by atoms with Crippen LogP contribution in [-0.4, -0.2) is 23.8 Å². The zero-order chi connectivity index (χ0) is 10.5. The Morgan fingerprint density at radius 1 is 1.54 bits per heavy atom. The van der Waals surface area contributed by atoms with Crippen molar-refractivity contribution in [3.63, 3.8) is 0 Å². The number of hydrogen-bond donors (Lipinski definition) is 1. The summed E-state index contributed by atoms with van der Waals surface area (Å²) in [7, 11) is 0. The van der Waals surface area contributed by atoms with Gasteiger partial charge in [-0.05, 0) is 33.6 Å². The second kappa shape index (κ2) is 5.22. The van der Waals surface area contributed by atoms with E-state index in [0.717, 1.165) is 0 Å². The predicted octanol–water partition coefficient (Wildman–Crippen LogP) is 2.30. The minimum absolute atomic E-state index is 0.176. The van der Waals surface area contributed by atoms with Gasteiger partial charge in [0.1, 0.15) is 0 Å². The fourth-order valence-electron chi connectivity index (χ4n) is 0.955. The van der Waals surface area contributed by atoms with E-state index >= 15 is 0 Å². The van der Waals surface area contributed by atoms with Crippen molar-refractivity contribution in [3.8, 4) is 0 Å². The van der Waals surface area contributed by atoms with Crippen molar-refractivity contribution < 1.29 is 14.6 Å². The molecule has 78 valence electrons. The van der Waals surface area contributed by atoms with Gasteiger partial charge in [0.2, 0.25) is 0 Å². The Morgan fingerprint density at radius 3 is 2.38 bits per heavy atom. The number of ether oxygens (including phenoxy) is 1. The number of carboxylic acid groups (broad SMARTS) is 1. The lowest BCUT2D eigenvalue weighted by Crippen LogP contribution is -2.28. The van der Waals surface area contributed by atoms with Gasteiger partial charge in [0.05, 0.1) is 11.5 Å². The largest absolute Gasteiger partial charge is 0.481 e. The van der Waals surface area contributed by atoms with Crippen LogP contribution in [-0.2, 0) is 9.53 Å².